The van der Waals surface area contributed by atoms with Crippen LogP contribution in [0.4, 0.5) is 0 Å². The summed E-state index contributed by atoms with van der Waals surface area (Å²) < 4.78 is 47.4. The van der Waals surface area contributed by atoms with Crippen molar-refractivity contribution in [2.45, 2.75) is 135 Å². The average molecular weight is 2070 g/mol. The SMILES string of the molecule is OC1=CC(O)=C2C(O[C@H](c3cc(O)c(O)c(O)c3)[C@H](O)[C@@H]2c2c(O)cc(O)c3c2O[C@H](c2cc(O)c(O)c(O)c2)C[C@H]3c2c(O)cc(O)c3c2O[C@H](c2cc(O)c(O)c(O)c2)[C@H](O)[C@@H]3c2c(O)cc(O)c3c2O[C@H](c2cc(O)c(O)c(O)c2)C[C@H]3c2c(O)cc(O)c3c2O[C@H](c2cc(O)c(O)c(O)c2)[C@H](O)[C@@H]3c2c(O)cc(O)c3c2O[C@H](c2cc(O)c(O)c(O)c2)CC3)C1[C@@H]1C[C@@H](c2cc(O)c(O)c(O)c2)Oc2cc(O)cc(O)c21. The molecule has 0 spiro atoms. The Hall–Kier alpha value is -19.0. The van der Waals surface area contributed by atoms with Gasteiger partial charge in [-0.1, -0.05) is 0 Å². The zero-order valence-electron chi connectivity index (χ0n) is 76.5. The molecule has 8 aliphatic rings. The first kappa shape index (κ1) is 97.1. The maximum atomic E-state index is 14.0. The molecule has 1 fully saturated rings. The van der Waals surface area contributed by atoms with Crippen LogP contribution in [0, 0.1) is 5.92 Å². The predicted molar refractivity (Wildman–Crippen MR) is 503 cm³/mol. The normalized spacial score (nSPS) is 23.9. The van der Waals surface area contributed by atoms with Crippen molar-refractivity contribution >= 4 is 0 Å². The Morgan fingerprint density at radius 3 is 0.847 bits per heavy atom. The topological polar surface area (TPSA) is 833 Å². The molecule has 45 heteroatoms. The quantitative estimate of drug-likeness (QED) is 0.0477. The highest BCUT2D eigenvalue weighted by Crippen LogP contribution is 2.71. The van der Waals surface area contributed by atoms with Gasteiger partial charge in [-0.15, -0.1) is 0 Å². The van der Waals surface area contributed by atoms with Crippen molar-refractivity contribution in [3.63, 3.8) is 0 Å². The van der Waals surface area contributed by atoms with Crippen LogP contribution >= 0.6 is 0 Å². The number of benzene rings is 13. The first-order valence-corrected chi connectivity index (χ1v) is 45.8. The van der Waals surface area contributed by atoms with Crippen molar-refractivity contribution in [3.8, 4) is 224 Å². The molecular formula is C105H88O45. The van der Waals surface area contributed by atoms with Gasteiger partial charge < -0.3 is 227 Å². The molecule has 778 valence electrons. The number of ether oxygens (including phenoxy) is 7. The molecule has 2 unspecified atom stereocenters. The van der Waals surface area contributed by atoms with Gasteiger partial charge in [0.1, 0.15) is 158 Å². The first-order valence-electron chi connectivity index (χ1n) is 45.8. The number of aliphatic hydroxyl groups is 5. The molecule has 1 saturated heterocycles. The second-order valence-electron chi connectivity index (χ2n) is 37.9. The van der Waals surface area contributed by atoms with E-state index in [0.29, 0.717) is 36.4 Å². The number of allylic oxidation sites excluding steroid dienone is 1. The molecule has 0 bridgehead atoms. The molecule has 7 heterocycles. The van der Waals surface area contributed by atoms with Gasteiger partial charge in [0.15, 0.2) is 133 Å². The number of aliphatic hydroxyl groups excluding tert-OH is 5. The van der Waals surface area contributed by atoms with E-state index in [4.69, 9.17) is 33.2 Å². The van der Waals surface area contributed by atoms with Gasteiger partial charge in [0.25, 0.3) is 0 Å². The van der Waals surface area contributed by atoms with Crippen molar-refractivity contribution in [3.05, 3.63) is 251 Å². The molecule has 0 saturated carbocycles. The summed E-state index contributed by atoms with van der Waals surface area (Å²) in [5.41, 5.74) is -10.1. The summed E-state index contributed by atoms with van der Waals surface area (Å²) in [6, 6.07) is 17.0. The summed E-state index contributed by atoms with van der Waals surface area (Å²) in [6.45, 7) is 0. The number of fused-ring (bicyclic) bond motifs is 7. The number of hydrogen-bond acceptors (Lipinski definition) is 45. The van der Waals surface area contributed by atoms with E-state index in [2.05, 4.69) is 0 Å². The van der Waals surface area contributed by atoms with Crippen LogP contribution in [-0.4, -0.2) is 218 Å². The molecule has 13 aromatic carbocycles. The largest absolute Gasteiger partial charge is 0.512 e. The van der Waals surface area contributed by atoms with E-state index < -0.39 is 441 Å². The van der Waals surface area contributed by atoms with E-state index in [1.54, 1.807) is 0 Å². The van der Waals surface area contributed by atoms with Crippen molar-refractivity contribution in [2.75, 3.05) is 0 Å². The molecule has 0 amide bonds. The van der Waals surface area contributed by atoms with Gasteiger partial charge in [-0.25, -0.2) is 0 Å². The third-order valence-electron chi connectivity index (χ3n) is 29.3. The highest BCUT2D eigenvalue weighted by Gasteiger charge is 2.59. The van der Waals surface area contributed by atoms with E-state index in [0.717, 1.165) is 97.1 Å². The van der Waals surface area contributed by atoms with Crippen molar-refractivity contribution in [1.29, 1.82) is 0 Å². The van der Waals surface area contributed by atoms with Crippen LogP contribution in [0.2, 0.25) is 0 Å². The molecule has 150 heavy (non-hydrogen) atoms. The van der Waals surface area contributed by atoms with Crippen LogP contribution < -0.4 is 28.4 Å². The zero-order valence-corrected chi connectivity index (χ0v) is 76.5. The molecule has 13 aromatic rings. The summed E-state index contributed by atoms with van der Waals surface area (Å²) >= 11 is 0. The Labute approximate surface area is 839 Å². The fraction of sp³-hybridized carbons (Fsp3) is 0.219. The summed E-state index contributed by atoms with van der Waals surface area (Å²) in [4.78, 5) is 0. The van der Waals surface area contributed by atoms with Gasteiger partial charge in [-0.2, -0.15) is 0 Å². The summed E-state index contributed by atoms with van der Waals surface area (Å²) in [6.07, 6.45) is -24.6. The molecule has 0 radical (unpaired) electrons. The third kappa shape index (κ3) is 15.1. The second kappa shape index (κ2) is 34.9. The number of phenolic OH excluding ortho intramolecular Hbond substituents is 33. The minimum absolute atomic E-state index is 0.0352. The van der Waals surface area contributed by atoms with Crippen LogP contribution in [0.5, 0.6) is 224 Å². The van der Waals surface area contributed by atoms with E-state index in [1.165, 1.54) is 0 Å². The lowest BCUT2D eigenvalue weighted by Crippen LogP contribution is -2.48. The van der Waals surface area contributed by atoms with E-state index in [1.807, 2.05) is 0 Å². The molecule has 38 N–H and O–H groups in total. The van der Waals surface area contributed by atoms with Crippen LogP contribution in [-0.2, 0) is 11.2 Å². The summed E-state index contributed by atoms with van der Waals surface area (Å²) in [7, 11) is 0. The predicted octanol–water partition coefficient (Wildman–Crippen LogP) is 12.4. The average Bonchev–Trinajstić information content (AvgIpc) is 0.702. The van der Waals surface area contributed by atoms with E-state index >= 15 is 0 Å². The van der Waals surface area contributed by atoms with E-state index in [9.17, 15) is 194 Å². The summed E-state index contributed by atoms with van der Waals surface area (Å²) in [5.74, 6) is -54.8. The van der Waals surface area contributed by atoms with Gasteiger partial charge in [-0.3, -0.25) is 0 Å². The highest BCUT2D eigenvalue weighted by molar-refractivity contribution is 5.77. The highest BCUT2D eigenvalue weighted by atomic mass is 16.5. The maximum Gasteiger partial charge on any atom is 0.200 e. The maximum absolute atomic E-state index is 14.0. The van der Waals surface area contributed by atoms with Crippen LogP contribution in [0.25, 0.3) is 0 Å². The lowest BCUT2D eigenvalue weighted by atomic mass is 9.66. The van der Waals surface area contributed by atoms with Gasteiger partial charge in [0.2, 0.25) is 0 Å². The Morgan fingerprint density at radius 1 is 0.220 bits per heavy atom. The van der Waals surface area contributed by atoms with Gasteiger partial charge in [-0.05, 0) is 132 Å². The molecule has 21 rings (SSSR count). The van der Waals surface area contributed by atoms with Gasteiger partial charge >= 0.3 is 0 Å². The number of hydrogen-bond donors (Lipinski definition) is 38. The fourth-order valence-corrected chi connectivity index (χ4v) is 22.7. The van der Waals surface area contributed by atoms with Gasteiger partial charge in [0, 0.05) is 163 Å². The molecular weight excluding hydrogens is 1980 g/mol. The second-order valence-corrected chi connectivity index (χ2v) is 37.9. The Balaban J connectivity index is 0.800. The number of phenols is 33. The fourth-order valence-electron chi connectivity index (χ4n) is 22.7. The van der Waals surface area contributed by atoms with Crippen LogP contribution in [0.3, 0.4) is 0 Å². The Morgan fingerprint density at radius 2 is 0.493 bits per heavy atom. The molecule has 1 aliphatic carbocycles. The summed E-state index contributed by atoms with van der Waals surface area (Å²) in [5, 5.41) is 453. The lowest BCUT2D eigenvalue weighted by Gasteiger charge is -2.49. The number of rotatable bonds is 13. The van der Waals surface area contributed by atoms with Crippen molar-refractivity contribution < 1.29 is 227 Å². The van der Waals surface area contributed by atoms with Crippen molar-refractivity contribution in [1.82, 2.24) is 0 Å². The minimum atomic E-state index is -2.61. The monoisotopic (exact) mass is 2070 g/mol. The molecule has 18 atom stereocenters. The van der Waals surface area contributed by atoms with E-state index in [-0.39, 0.29) is 40.8 Å². The zero-order chi connectivity index (χ0) is 107. The molecule has 0 aromatic heterocycles. The van der Waals surface area contributed by atoms with Gasteiger partial charge in [0.05, 0.1) is 30.0 Å². The third-order valence-corrected chi connectivity index (χ3v) is 29.3. The molecule has 45 nitrogen and oxygen atoms in total. The van der Waals surface area contributed by atoms with Crippen molar-refractivity contribution in [2.24, 2.45) is 5.92 Å². The van der Waals surface area contributed by atoms with Crippen LogP contribution in [0.1, 0.15) is 204 Å². The minimum Gasteiger partial charge on any atom is -0.512 e. The number of aromatic hydroxyl groups is 33. The smallest absolute Gasteiger partial charge is 0.200 e. The lowest BCUT2D eigenvalue weighted by molar-refractivity contribution is -0.127. The molecule has 7 aliphatic heterocycles. The van der Waals surface area contributed by atoms with Crippen LogP contribution in [0.15, 0.2) is 151 Å². The first-order chi connectivity index (χ1) is 71.1. The standard InChI is InChI=1S/C105H88O45/c106-35-17-41(108)72-37(19-68(144-71(72)18-35)29-5-55(122)88(135)56(123)6-29)73-42(109)23-51(118)82-85(95(142)98(148-103(73)82)33-13-63(130)92(139)64(131)14-33)79-48(115)24-44(111)75-39(21-70(146-101(75)79)31-9-59(126)90(137)60(127)10-31)77-46(113)27-52(119)83-86(96(143)99(150-105(77)83)34-15-65(132)93(140)66(133)16-34)80-49(116)25-43(110)74-38(20-69(147-102(74)80)30-7-57(124)89(136)58(125)8-30)76-45(112)26-50(117)81-84(94(141)97(149-104(76)81)32-11-61(128)91(138)62(129)12-32)78-47(114)22-40(107)36-1-2-67(145-100(36)78)28-3-53(120)87(134)54(121)4-28/h3-18,22-27,37-39,67-70,73,84-86,94-99,103,106-143H,1-2,19-21H2/t37-,38-,39-,67+,68+,69+,70+,73?,84-,85-,86-,94-,95-,96-,97-,98-,99-,103?/m1/s1. The Kier molecular flexibility index (Phi) is 22.6. The Bertz CT molecular complexity index is 7840.